The Kier molecular flexibility index (Phi) is 5.11. The van der Waals surface area contributed by atoms with Crippen LogP contribution in [0.2, 0.25) is 0 Å². The smallest absolute Gasteiger partial charge is 0.132 e. The minimum Gasteiger partial charge on any atom is -0.488 e. The molecule has 0 atom stereocenters. The fourth-order valence-corrected chi connectivity index (χ4v) is 2.21. The largest absolute Gasteiger partial charge is 0.488 e. The van der Waals surface area contributed by atoms with Gasteiger partial charge in [-0.3, -0.25) is 0 Å². The van der Waals surface area contributed by atoms with E-state index in [-0.39, 0.29) is 0 Å². The van der Waals surface area contributed by atoms with Crippen LogP contribution < -0.4 is 9.47 Å². The van der Waals surface area contributed by atoms with Gasteiger partial charge in [0.05, 0.1) is 17.7 Å². The van der Waals surface area contributed by atoms with Crippen molar-refractivity contribution in [3.63, 3.8) is 0 Å². The normalized spacial score (nSPS) is 9.96. The SMILES string of the molecule is N#Cc1cc(OCc2ccccc2)[c]c(OCc2ccccc2)c1. The number of nitriles is 1. The van der Waals surface area contributed by atoms with Crippen molar-refractivity contribution in [1.29, 1.82) is 5.26 Å². The molecule has 0 amide bonds. The van der Waals surface area contributed by atoms with Crippen LogP contribution in [0, 0.1) is 17.4 Å². The third-order valence-electron chi connectivity index (χ3n) is 3.42. The molecule has 0 unspecified atom stereocenters. The summed E-state index contributed by atoms with van der Waals surface area (Å²) in [5, 5.41) is 9.18. The summed E-state index contributed by atoms with van der Waals surface area (Å²) in [6.45, 7) is 0.842. The van der Waals surface area contributed by atoms with E-state index >= 15 is 0 Å². The van der Waals surface area contributed by atoms with E-state index in [0.29, 0.717) is 30.3 Å². The summed E-state index contributed by atoms with van der Waals surface area (Å²) < 4.78 is 11.5. The molecule has 3 aromatic carbocycles. The first-order valence-electron chi connectivity index (χ1n) is 7.64. The molecule has 0 aliphatic rings. The molecule has 3 rings (SSSR count). The van der Waals surface area contributed by atoms with E-state index in [1.807, 2.05) is 60.7 Å². The van der Waals surface area contributed by atoms with Crippen LogP contribution in [0.25, 0.3) is 0 Å². The predicted molar refractivity (Wildman–Crippen MR) is 91.5 cm³/mol. The Labute approximate surface area is 141 Å². The Morgan fingerprint density at radius 3 is 1.62 bits per heavy atom. The molecule has 1 radical (unpaired) electrons. The topological polar surface area (TPSA) is 42.2 Å². The average molecular weight is 314 g/mol. The highest BCUT2D eigenvalue weighted by Crippen LogP contribution is 2.23. The number of hydrogen-bond donors (Lipinski definition) is 0. The van der Waals surface area contributed by atoms with Gasteiger partial charge in [0, 0.05) is 0 Å². The van der Waals surface area contributed by atoms with Crippen molar-refractivity contribution in [1.82, 2.24) is 0 Å². The summed E-state index contributed by atoms with van der Waals surface area (Å²) in [6, 6.07) is 28.2. The fourth-order valence-electron chi connectivity index (χ4n) is 2.21. The van der Waals surface area contributed by atoms with Crippen molar-refractivity contribution in [3.05, 3.63) is 95.6 Å². The molecule has 0 N–H and O–H groups in total. The molecule has 0 fully saturated rings. The summed E-state index contributed by atoms with van der Waals surface area (Å²) in [7, 11) is 0. The summed E-state index contributed by atoms with van der Waals surface area (Å²) in [6.07, 6.45) is 0. The lowest BCUT2D eigenvalue weighted by Crippen LogP contribution is -1.99. The molecule has 0 saturated carbocycles. The highest BCUT2D eigenvalue weighted by atomic mass is 16.5. The molecule has 0 saturated heterocycles. The molecule has 0 aromatic heterocycles. The summed E-state index contributed by atoms with van der Waals surface area (Å²) in [4.78, 5) is 0. The number of ether oxygens (including phenoxy) is 2. The maximum Gasteiger partial charge on any atom is 0.132 e. The van der Waals surface area contributed by atoms with Crippen LogP contribution in [0.4, 0.5) is 0 Å². The van der Waals surface area contributed by atoms with Crippen molar-refractivity contribution in [2.75, 3.05) is 0 Å². The highest BCUT2D eigenvalue weighted by molar-refractivity contribution is 5.43. The quantitative estimate of drug-likeness (QED) is 0.672. The van der Waals surface area contributed by atoms with Gasteiger partial charge in [-0.1, -0.05) is 60.7 Å². The van der Waals surface area contributed by atoms with Crippen LogP contribution in [-0.2, 0) is 13.2 Å². The molecule has 0 aliphatic heterocycles. The highest BCUT2D eigenvalue weighted by Gasteiger charge is 2.05. The van der Waals surface area contributed by atoms with E-state index in [2.05, 4.69) is 12.1 Å². The molecular weight excluding hydrogens is 298 g/mol. The van der Waals surface area contributed by atoms with Gasteiger partial charge in [0.15, 0.2) is 0 Å². The molecule has 0 heterocycles. The van der Waals surface area contributed by atoms with E-state index in [9.17, 15) is 5.26 Å². The minimum absolute atomic E-state index is 0.421. The summed E-state index contributed by atoms with van der Waals surface area (Å²) >= 11 is 0. The third-order valence-corrected chi connectivity index (χ3v) is 3.42. The van der Waals surface area contributed by atoms with Crippen LogP contribution >= 0.6 is 0 Å². The maximum absolute atomic E-state index is 9.18. The summed E-state index contributed by atoms with van der Waals surface area (Å²) in [5.74, 6) is 1.00. The van der Waals surface area contributed by atoms with E-state index < -0.39 is 0 Å². The van der Waals surface area contributed by atoms with Gasteiger partial charge >= 0.3 is 0 Å². The van der Waals surface area contributed by atoms with Gasteiger partial charge in [0.2, 0.25) is 0 Å². The summed E-state index contributed by atoms with van der Waals surface area (Å²) in [5.41, 5.74) is 2.60. The second-order valence-electron chi connectivity index (χ2n) is 5.26. The average Bonchev–Trinajstić information content (AvgIpc) is 2.66. The number of benzene rings is 3. The monoisotopic (exact) mass is 314 g/mol. The molecule has 0 spiro atoms. The van der Waals surface area contributed by atoms with Gasteiger partial charge in [-0.25, -0.2) is 0 Å². The Morgan fingerprint density at radius 1 is 0.750 bits per heavy atom. The fraction of sp³-hybridized carbons (Fsp3) is 0.0952. The van der Waals surface area contributed by atoms with Crippen molar-refractivity contribution in [2.24, 2.45) is 0 Å². The van der Waals surface area contributed by atoms with Gasteiger partial charge in [0.1, 0.15) is 24.7 Å². The van der Waals surface area contributed by atoms with Crippen molar-refractivity contribution >= 4 is 0 Å². The number of hydrogen-bond acceptors (Lipinski definition) is 3. The van der Waals surface area contributed by atoms with Crippen LogP contribution in [0.15, 0.2) is 72.8 Å². The first-order valence-corrected chi connectivity index (χ1v) is 7.64. The van der Waals surface area contributed by atoms with E-state index in [1.165, 1.54) is 0 Å². The molecule has 3 heteroatoms. The zero-order chi connectivity index (χ0) is 16.6. The third kappa shape index (κ3) is 4.37. The van der Waals surface area contributed by atoms with Crippen LogP contribution in [0.1, 0.15) is 16.7 Å². The van der Waals surface area contributed by atoms with Gasteiger partial charge in [0.25, 0.3) is 0 Å². The number of nitrogens with zero attached hydrogens (tertiary/aromatic N) is 1. The van der Waals surface area contributed by atoms with Gasteiger partial charge in [-0.15, -0.1) is 0 Å². The standard InChI is InChI=1S/C21H16NO2/c22-14-19-11-20(23-15-17-7-3-1-4-8-17)13-21(12-19)24-16-18-9-5-2-6-10-18/h1-12H,15-16H2. The molecule has 24 heavy (non-hydrogen) atoms. The van der Waals surface area contributed by atoms with Gasteiger partial charge < -0.3 is 9.47 Å². The Morgan fingerprint density at radius 2 is 1.21 bits per heavy atom. The Bertz CT molecular complexity index is 762. The molecule has 3 nitrogen and oxygen atoms in total. The first-order chi connectivity index (χ1) is 11.8. The van der Waals surface area contributed by atoms with E-state index in [0.717, 1.165) is 11.1 Å². The molecular formula is C21H16NO2. The second kappa shape index (κ2) is 7.85. The Hall–Kier alpha value is -3.25. The molecule has 3 aromatic rings. The predicted octanol–water partition coefficient (Wildman–Crippen LogP) is 4.52. The maximum atomic E-state index is 9.18. The second-order valence-corrected chi connectivity index (χ2v) is 5.26. The van der Waals surface area contributed by atoms with E-state index in [4.69, 9.17) is 9.47 Å². The molecule has 0 bridgehead atoms. The van der Waals surface area contributed by atoms with Crippen LogP contribution in [-0.4, -0.2) is 0 Å². The first kappa shape index (κ1) is 15.6. The Balaban J connectivity index is 1.69. The van der Waals surface area contributed by atoms with E-state index in [1.54, 1.807) is 12.1 Å². The van der Waals surface area contributed by atoms with Crippen molar-refractivity contribution < 1.29 is 9.47 Å². The molecule has 0 aliphatic carbocycles. The van der Waals surface area contributed by atoms with Crippen LogP contribution in [0.3, 0.4) is 0 Å². The lowest BCUT2D eigenvalue weighted by molar-refractivity contribution is 0.288. The van der Waals surface area contributed by atoms with Crippen molar-refractivity contribution in [2.45, 2.75) is 13.2 Å². The van der Waals surface area contributed by atoms with Crippen LogP contribution in [0.5, 0.6) is 11.5 Å². The van der Waals surface area contributed by atoms with Crippen molar-refractivity contribution in [3.8, 4) is 17.6 Å². The zero-order valence-electron chi connectivity index (χ0n) is 13.1. The molecule has 117 valence electrons. The van der Waals surface area contributed by atoms with Gasteiger partial charge in [-0.2, -0.15) is 5.26 Å². The van der Waals surface area contributed by atoms with Gasteiger partial charge in [-0.05, 0) is 23.3 Å². The lowest BCUT2D eigenvalue weighted by Gasteiger charge is -2.10. The number of rotatable bonds is 6. The lowest BCUT2D eigenvalue weighted by atomic mass is 10.2. The minimum atomic E-state index is 0.421. The zero-order valence-corrected chi connectivity index (χ0v) is 13.1.